The highest BCUT2D eigenvalue weighted by atomic mass is 32.1. The zero-order valence-electron chi connectivity index (χ0n) is 16.3. The largest absolute Gasteiger partial charge is 0.494 e. The van der Waals surface area contributed by atoms with Crippen LogP contribution in [0.1, 0.15) is 38.7 Å². The number of hydrogen-bond donors (Lipinski definition) is 0. The molecule has 0 radical (unpaired) electrons. The van der Waals surface area contributed by atoms with Crippen LogP contribution in [-0.2, 0) is 30.3 Å². The molecule has 2 heterocycles. The number of amides is 1. The predicted octanol–water partition coefficient (Wildman–Crippen LogP) is 3.09. The maximum Gasteiger partial charge on any atom is 0.317 e. The van der Waals surface area contributed by atoms with E-state index in [4.69, 9.17) is 14.2 Å². The first-order valence-electron chi connectivity index (χ1n) is 9.32. The van der Waals surface area contributed by atoms with Crippen molar-refractivity contribution in [1.29, 1.82) is 0 Å². The summed E-state index contributed by atoms with van der Waals surface area (Å²) < 4.78 is 18.4. The molecule has 1 aliphatic rings. The number of carbonyl (C=O) groups is 2. The van der Waals surface area contributed by atoms with Gasteiger partial charge in [0.2, 0.25) is 5.76 Å². The van der Waals surface area contributed by atoms with Gasteiger partial charge in [0.1, 0.15) is 19.5 Å². The average molecular weight is 404 g/mol. The van der Waals surface area contributed by atoms with Gasteiger partial charge in [0.15, 0.2) is 4.80 Å². The van der Waals surface area contributed by atoms with Crippen LogP contribution >= 0.6 is 11.3 Å². The lowest BCUT2D eigenvalue weighted by atomic mass is 10.0. The second-order valence-electron chi connectivity index (χ2n) is 6.59. The molecular formula is C20H24N2O5S. The highest BCUT2D eigenvalue weighted by Crippen LogP contribution is 2.24. The molecule has 7 nitrogen and oxygen atoms in total. The van der Waals surface area contributed by atoms with Crippen molar-refractivity contribution in [3.63, 3.8) is 0 Å². The van der Waals surface area contributed by atoms with Crippen LogP contribution in [0, 0.1) is 0 Å². The normalized spacial score (nSPS) is 14.6. The molecular weight excluding hydrogens is 380 g/mol. The van der Waals surface area contributed by atoms with Crippen molar-refractivity contribution in [1.82, 2.24) is 4.57 Å². The van der Waals surface area contributed by atoms with Gasteiger partial charge in [0.25, 0.3) is 0 Å². The second kappa shape index (κ2) is 9.05. The summed E-state index contributed by atoms with van der Waals surface area (Å²) in [5.41, 5.74) is 2.14. The number of rotatable bonds is 6. The Balaban J connectivity index is 2.01. The van der Waals surface area contributed by atoms with Gasteiger partial charge in [0, 0.05) is 6.54 Å². The fraction of sp³-hybridized carbons (Fsp3) is 0.450. The molecule has 2 aromatic rings. The third kappa shape index (κ3) is 4.62. The molecule has 0 saturated heterocycles. The molecule has 8 heteroatoms. The number of aromatic nitrogens is 1. The highest BCUT2D eigenvalue weighted by Gasteiger charge is 2.16. The minimum atomic E-state index is -0.500. The van der Waals surface area contributed by atoms with E-state index in [-0.39, 0.29) is 18.1 Å². The lowest BCUT2D eigenvalue weighted by molar-refractivity contribution is -0.143. The molecule has 0 spiro atoms. The number of ether oxygens (including phenoxy) is 3. The number of esters is 1. The number of carbonyl (C=O) groups excluding carboxylic acids is 2. The molecule has 0 N–H and O–H groups in total. The van der Waals surface area contributed by atoms with Crippen LogP contribution < -0.4 is 4.80 Å². The van der Waals surface area contributed by atoms with Gasteiger partial charge in [-0.25, -0.2) is 0 Å². The van der Waals surface area contributed by atoms with E-state index in [0.29, 0.717) is 37.1 Å². The molecule has 150 valence electrons. The summed E-state index contributed by atoms with van der Waals surface area (Å²) in [5, 5.41) is 0. The second-order valence-corrected chi connectivity index (χ2v) is 7.60. The molecule has 28 heavy (non-hydrogen) atoms. The quantitative estimate of drug-likeness (QED) is 0.692. The Morgan fingerprint density at radius 2 is 2.14 bits per heavy atom. The van der Waals surface area contributed by atoms with Crippen molar-refractivity contribution >= 4 is 33.4 Å². The summed E-state index contributed by atoms with van der Waals surface area (Å²) in [4.78, 5) is 29.0. The first-order chi connectivity index (χ1) is 13.5. The smallest absolute Gasteiger partial charge is 0.317 e. The minimum absolute atomic E-state index is 0.0866. The Labute approximate surface area is 167 Å². The Bertz CT molecular complexity index is 971. The minimum Gasteiger partial charge on any atom is -0.494 e. The molecule has 0 atom stereocenters. The van der Waals surface area contributed by atoms with E-state index in [2.05, 4.69) is 31.0 Å². The average Bonchev–Trinajstić information content (AvgIpc) is 3.03. The van der Waals surface area contributed by atoms with E-state index < -0.39 is 5.91 Å². The maximum absolute atomic E-state index is 12.5. The summed E-state index contributed by atoms with van der Waals surface area (Å²) >= 11 is 1.41. The molecule has 1 aromatic heterocycles. The van der Waals surface area contributed by atoms with Gasteiger partial charge in [-0.05, 0) is 30.5 Å². The first-order valence-corrected chi connectivity index (χ1v) is 10.1. The monoisotopic (exact) mass is 404 g/mol. The Morgan fingerprint density at radius 1 is 1.32 bits per heavy atom. The van der Waals surface area contributed by atoms with Crippen LogP contribution in [0.2, 0.25) is 0 Å². The predicted molar refractivity (Wildman–Crippen MR) is 106 cm³/mol. The van der Waals surface area contributed by atoms with Crippen LogP contribution in [0.3, 0.4) is 0 Å². The van der Waals surface area contributed by atoms with Crippen LogP contribution in [0.5, 0.6) is 0 Å². The van der Waals surface area contributed by atoms with Gasteiger partial charge in [-0.3, -0.25) is 9.59 Å². The highest BCUT2D eigenvalue weighted by molar-refractivity contribution is 7.16. The first kappa shape index (κ1) is 20.1. The molecule has 0 aliphatic carbocycles. The zero-order valence-corrected chi connectivity index (χ0v) is 17.1. The van der Waals surface area contributed by atoms with E-state index in [1.165, 1.54) is 23.2 Å². The third-order valence-corrected chi connectivity index (χ3v) is 5.32. The van der Waals surface area contributed by atoms with Crippen molar-refractivity contribution in [2.75, 3.05) is 19.8 Å². The van der Waals surface area contributed by atoms with E-state index in [0.717, 1.165) is 10.2 Å². The summed E-state index contributed by atoms with van der Waals surface area (Å²) in [6.07, 6.45) is 1.50. The maximum atomic E-state index is 12.5. The number of nitrogens with zero attached hydrogens (tertiary/aromatic N) is 2. The summed E-state index contributed by atoms with van der Waals surface area (Å²) in [5.74, 6) is -0.305. The standard InChI is InChI=1S/C20H24N2O5S/c1-4-26-18(23)7-8-22-15-6-5-14(13(2)3)11-17(15)28-20(22)21-19(24)16-12-25-9-10-27-16/h5-6,11-13H,4,7-10H2,1-3H3. The Kier molecular flexibility index (Phi) is 6.51. The summed E-state index contributed by atoms with van der Waals surface area (Å²) in [6, 6.07) is 6.18. The summed E-state index contributed by atoms with van der Waals surface area (Å²) in [6.45, 7) is 7.49. The van der Waals surface area contributed by atoms with Crippen LogP contribution in [-0.4, -0.2) is 36.3 Å². The van der Waals surface area contributed by atoms with Crippen molar-refractivity contribution in [2.45, 2.75) is 39.7 Å². The van der Waals surface area contributed by atoms with Crippen LogP contribution in [0.25, 0.3) is 10.2 Å². The molecule has 3 rings (SSSR count). The van der Waals surface area contributed by atoms with E-state index in [1.54, 1.807) is 6.92 Å². The molecule has 0 unspecified atom stereocenters. The van der Waals surface area contributed by atoms with Crippen molar-refractivity contribution in [3.05, 3.63) is 40.6 Å². The van der Waals surface area contributed by atoms with E-state index >= 15 is 0 Å². The number of hydrogen-bond acceptors (Lipinski definition) is 6. The van der Waals surface area contributed by atoms with Crippen molar-refractivity contribution in [2.24, 2.45) is 4.99 Å². The zero-order chi connectivity index (χ0) is 20.1. The Hall–Kier alpha value is -2.61. The van der Waals surface area contributed by atoms with E-state index in [1.807, 2.05) is 10.6 Å². The number of thiazole rings is 1. The van der Waals surface area contributed by atoms with Gasteiger partial charge in [-0.2, -0.15) is 4.99 Å². The summed E-state index contributed by atoms with van der Waals surface area (Å²) in [7, 11) is 0. The SMILES string of the molecule is CCOC(=O)CCn1c(=NC(=O)C2=COCCO2)sc2cc(C(C)C)ccc21. The number of aryl methyl sites for hydroxylation is 1. The number of fused-ring (bicyclic) bond motifs is 1. The topological polar surface area (TPSA) is 79.1 Å². The molecule has 0 bridgehead atoms. The number of benzene rings is 1. The molecule has 1 aromatic carbocycles. The van der Waals surface area contributed by atoms with Gasteiger partial charge < -0.3 is 18.8 Å². The molecule has 1 amide bonds. The van der Waals surface area contributed by atoms with Crippen LogP contribution in [0.15, 0.2) is 35.2 Å². The molecule has 0 fully saturated rings. The van der Waals surface area contributed by atoms with Crippen molar-refractivity contribution in [3.8, 4) is 0 Å². The lowest BCUT2D eigenvalue weighted by Crippen LogP contribution is -2.21. The van der Waals surface area contributed by atoms with Crippen molar-refractivity contribution < 1.29 is 23.8 Å². The van der Waals surface area contributed by atoms with Gasteiger partial charge in [-0.15, -0.1) is 0 Å². The van der Waals surface area contributed by atoms with Gasteiger partial charge in [-0.1, -0.05) is 31.3 Å². The lowest BCUT2D eigenvalue weighted by Gasteiger charge is -2.12. The van der Waals surface area contributed by atoms with E-state index in [9.17, 15) is 9.59 Å². The molecule has 0 saturated carbocycles. The fourth-order valence-electron chi connectivity index (χ4n) is 2.81. The van der Waals surface area contributed by atoms with Gasteiger partial charge in [0.05, 0.1) is 23.2 Å². The van der Waals surface area contributed by atoms with Crippen LogP contribution in [0.4, 0.5) is 0 Å². The fourth-order valence-corrected chi connectivity index (χ4v) is 3.91. The third-order valence-electron chi connectivity index (χ3n) is 4.28. The Morgan fingerprint density at radius 3 is 2.82 bits per heavy atom. The van der Waals surface area contributed by atoms with Gasteiger partial charge >= 0.3 is 11.9 Å². The molecule has 1 aliphatic heterocycles.